The van der Waals surface area contributed by atoms with Gasteiger partial charge in [-0.05, 0) is 87.3 Å². The molecular formula is C35H44ClN5O5. The van der Waals surface area contributed by atoms with Crippen LogP contribution in [0.3, 0.4) is 0 Å². The van der Waals surface area contributed by atoms with Crippen LogP contribution in [0.15, 0.2) is 66.7 Å². The van der Waals surface area contributed by atoms with Gasteiger partial charge in [0.15, 0.2) is 0 Å². The molecule has 0 aliphatic carbocycles. The molecule has 4 rings (SSSR count). The standard InChI is InChI=1S/C35H44ClN5O5/c1-40-18-20-41(21-19-40)33(42)14-3-2-8-22-46-32-13-7-5-11-30(32)39-34(43)28-16-15-27(24-26(28)25-36)38-35(44)29-10-4-6-12-31(29)45-23-9-17-37/h4-7,10-13,15-16,24H,2-3,8-9,14,17-23,25,37H2,1H3,(H,38,44)(H,39,43). The van der Waals surface area contributed by atoms with Gasteiger partial charge in [-0.25, -0.2) is 0 Å². The number of ether oxygens (including phenoxy) is 2. The summed E-state index contributed by atoms with van der Waals surface area (Å²) in [6.07, 6.45) is 3.73. The number of carbonyl (C=O) groups excluding carboxylic acids is 3. The third kappa shape index (κ3) is 10.2. The van der Waals surface area contributed by atoms with Gasteiger partial charge >= 0.3 is 0 Å². The van der Waals surface area contributed by atoms with Gasteiger partial charge in [0.2, 0.25) is 5.91 Å². The lowest BCUT2D eigenvalue weighted by molar-refractivity contribution is -0.132. The van der Waals surface area contributed by atoms with Crippen molar-refractivity contribution >= 4 is 40.7 Å². The van der Waals surface area contributed by atoms with E-state index in [0.29, 0.717) is 72.2 Å². The monoisotopic (exact) mass is 649 g/mol. The van der Waals surface area contributed by atoms with Gasteiger partial charge in [0.1, 0.15) is 11.5 Å². The molecule has 0 unspecified atom stereocenters. The number of rotatable bonds is 16. The van der Waals surface area contributed by atoms with Crippen molar-refractivity contribution in [2.45, 2.75) is 38.0 Å². The molecule has 0 aromatic heterocycles. The van der Waals surface area contributed by atoms with Crippen LogP contribution < -0.4 is 25.8 Å². The lowest BCUT2D eigenvalue weighted by Crippen LogP contribution is -2.47. The number of likely N-dealkylation sites (N-methyl/N-ethyl adjacent to an activating group) is 1. The average Bonchev–Trinajstić information content (AvgIpc) is 3.07. The van der Waals surface area contributed by atoms with Crippen LogP contribution in [-0.4, -0.2) is 80.5 Å². The molecule has 3 amide bonds. The van der Waals surface area contributed by atoms with Crippen molar-refractivity contribution in [3.05, 3.63) is 83.4 Å². The van der Waals surface area contributed by atoms with Crippen LogP contribution in [0.25, 0.3) is 0 Å². The fraction of sp³-hybridized carbons (Fsp3) is 0.400. The lowest BCUT2D eigenvalue weighted by atomic mass is 10.1. The summed E-state index contributed by atoms with van der Waals surface area (Å²) in [6.45, 7) is 4.83. The molecule has 1 fully saturated rings. The second kappa shape index (κ2) is 18.1. The maximum absolute atomic E-state index is 13.3. The van der Waals surface area contributed by atoms with E-state index in [1.54, 1.807) is 48.5 Å². The molecule has 4 N–H and O–H groups in total. The van der Waals surface area contributed by atoms with Crippen LogP contribution in [0.2, 0.25) is 0 Å². The van der Waals surface area contributed by atoms with E-state index in [0.717, 1.165) is 45.4 Å². The van der Waals surface area contributed by atoms with Gasteiger partial charge in [0.05, 0.1) is 24.5 Å². The van der Waals surface area contributed by atoms with Gasteiger partial charge in [-0.3, -0.25) is 14.4 Å². The van der Waals surface area contributed by atoms with E-state index in [9.17, 15) is 14.4 Å². The van der Waals surface area contributed by atoms with E-state index < -0.39 is 0 Å². The first-order valence-electron chi connectivity index (χ1n) is 15.8. The van der Waals surface area contributed by atoms with E-state index in [1.165, 1.54) is 0 Å². The molecule has 1 heterocycles. The van der Waals surface area contributed by atoms with Crippen molar-refractivity contribution < 1.29 is 23.9 Å². The zero-order valence-corrected chi connectivity index (χ0v) is 27.2. The minimum atomic E-state index is -0.342. The molecule has 246 valence electrons. The molecule has 0 bridgehead atoms. The highest BCUT2D eigenvalue weighted by atomic mass is 35.5. The van der Waals surface area contributed by atoms with Crippen LogP contribution in [0.5, 0.6) is 11.5 Å². The molecule has 46 heavy (non-hydrogen) atoms. The predicted molar refractivity (Wildman–Crippen MR) is 182 cm³/mol. The Balaban J connectivity index is 1.29. The van der Waals surface area contributed by atoms with E-state index in [2.05, 4.69) is 22.6 Å². The second-order valence-electron chi connectivity index (χ2n) is 11.2. The highest BCUT2D eigenvalue weighted by molar-refractivity contribution is 6.18. The predicted octanol–water partition coefficient (Wildman–Crippen LogP) is 5.37. The molecule has 0 saturated carbocycles. The Labute approximate surface area is 276 Å². The first-order chi connectivity index (χ1) is 22.4. The van der Waals surface area contributed by atoms with E-state index in [1.807, 2.05) is 23.1 Å². The Morgan fingerprint density at radius 2 is 1.46 bits per heavy atom. The van der Waals surface area contributed by atoms with Gasteiger partial charge in [-0.2, -0.15) is 0 Å². The van der Waals surface area contributed by atoms with E-state index in [-0.39, 0.29) is 23.6 Å². The Hall–Kier alpha value is -4.12. The largest absolute Gasteiger partial charge is 0.493 e. The number of piperazine rings is 1. The molecule has 10 nitrogen and oxygen atoms in total. The molecule has 1 aliphatic rings. The number of unbranched alkanes of at least 4 members (excludes halogenated alkanes) is 2. The molecular weight excluding hydrogens is 606 g/mol. The van der Waals surface area contributed by atoms with Crippen LogP contribution in [0, 0.1) is 0 Å². The second-order valence-corrected chi connectivity index (χ2v) is 11.5. The Morgan fingerprint density at radius 1 is 0.783 bits per heavy atom. The summed E-state index contributed by atoms with van der Waals surface area (Å²) >= 11 is 6.24. The van der Waals surface area contributed by atoms with Crippen LogP contribution in [0.4, 0.5) is 11.4 Å². The number of alkyl halides is 1. The first kappa shape index (κ1) is 34.7. The SMILES string of the molecule is CN1CCN(C(=O)CCCCCOc2ccccc2NC(=O)c2ccc(NC(=O)c3ccccc3OCCCN)cc2CCl)CC1. The topological polar surface area (TPSA) is 126 Å². The third-order valence-electron chi connectivity index (χ3n) is 7.77. The Morgan fingerprint density at radius 3 is 2.22 bits per heavy atom. The molecule has 11 heteroatoms. The number of benzene rings is 3. The van der Waals surface area contributed by atoms with Crippen molar-refractivity contribution in [1.82, 2.24) is 9.80 Å². The number of hydrogen-bond donors (Lipinski definition) is 3. The van der Waals surface area contributed by atoms with Gasteiger partial charge < -0.3 is 35.6 Å². The number of para-hydroxylation sites is 3. The summed E-state index contributed by atoms with van der Waals surface area (Å²) in [4.78, 5) is 43.0. The van der Waals surface area contributed by atoms with Crippen LogP contribution in [0.1, 0.15) is 58.4 Å². The lowest BCUT2D eigenvalue weighted by Gasteiger charge is -2.32. The fourth-order valence-corrected chi connectivity index (χ4v) is 5.31. The highest BCUT2D eigenvalue weighted by Gasteiger charge is 2.19. The maximum Gasteiger partial charge on any atom is 0.259 e. The first-order valence-corrected chi connectivity index (χ1v) is 16.3. The maximum atomic E-state index is 13.3. The van der Waals surface area contributed by atoms with Crippen molar-refractivity contribution in [2.75, 3.05) is 63.6 Å². The van der Waals surface area contributed by atoms with Crippen molar-refractivity contribution in [3.63, 3.8) is 0 Å². The Kier molecular flexibility index (Phi) is 13.7. The molecule has 3 aromatic rings. The third-order valence-corrected chi connectivity index (χ3v) is 8.06. The summed E-state index contributed by atoms with van der Waals surface area (Å²) in [6, 6.07) is 19.3. The normalized spacial score (nSPS) is 13.2. The number of nitrogens with one attached hydrogen (secondary N) is 2. The van der Waals surface area contributed by atoms with Crippen LogP contribution in [-0.2, 0) is 10.7 Å². The molecule has 0 spiro atoms. The zero-order chi connectivity index (χ0) is 32.7. The van der Waals surface area contributed by atoms with Gasteiger partial charge in [-0.1, -0.05) is 24.3 Å². The van der Waals surface area contributed by atoms with Crippen molar-refractivity contribution in [3.8, 4) is 11.5 Å². The zero-order valence-electron chi connectivity index (χ0n) is 26.4. The number of amides is 3. The van der Waals surface area contributed by atoms with Gasteiger partial charge in [0, 0.05) is 49.7 Å². The number of halogens is 1. The summed E-state index contributed by atoms with van der Waals surface area (Å²) in [7, 11) is 2.08. The molecule has 1 aliphatic heterocycles. The minimum Gasteiger partial charge on any atom is -0.493 e. The van der Waals surface area contributed by atoms with Crippen molar-refractivity contribution in [1.29, 1.82) is 0 Å². The number of nitrogens with zero attached hydrogens (tertiary/aromatic N) is 2. The summed E-state index contributed by atoms with van der Waals surface area (Å²) in [5.41, 5.74) is 7.94. The molecule has 1 saturated heterocycles. The minimum absolute atomic E-state index is 0.0701. The quantitative estimate of drug-likeness (QED) is 0.141. The number of nitrogens with two attached hydrogens (primary N) is 1. The van der Waals surface area contributed by atoms with E-state index >= 15 is 0 Å². The number of anilines is 2. The van der Waals surface area contributed by atoms with Crippen LogP contribution >= 0.6 is 11.6 Å². The molecule has 0 atom stereocenters. The van der Waals surface area contributed by atoms with Gasteiger partial charge in [-0.15, -0.1) is 11.6 Å². The smallest absolute Gasteiger partial charge is 0.259 e. The van der Waals surface area contributed by atoms with Crippen molar-refractivity contribution in [2.24, 2.45) is 5.73 Å². The number of carbonyl (C=O) groups is 3. The highest BCUT2D eigenvalue weighted by Crippen LogP contribution is 2.27. The van der Waals surface area contributed by atoms with Gasteiger partial charge in [0.25, 0.3) is 11.8 Å². The fourth-order valence-electron chi connectivity index (χ4n) is 5.08. The average molecular weight is 650 g/mol. The molecule has 0 radical (unpaired) electrons. The number of hydrogen-bond acceptors (Lipinski definition) is 7. The van der Waals surface area contributed by atoms with E-state index in [4.69, 9.17) is 26.8 Å². The molecule has 3 aromatic carbocycles. The summed E-state index contributed by atoms with van der Waals surface area (Å²) < 4.78 is 11.7. The summed E-state index contributed by atoms with van der Waals surface area (Å²) in [5, 5.41) is 5.81. The Bertz CT molecular complexity index is 1460. The summed E-state index contributed by atoms with van der Waals surface area (Å²) in [5.74, 6) is 0.648.